The molecule has 0 aliphatic rings. The average molecular weight is 573 g/mol. The molecule has 5 rings (SSSR count). The summed E-state index contributed by atoms with van der Waals surface area (Å²) in [5.74, 6) is 0.799. The van der Waals surface area contributed by atoms with Crippen LogP contribution in [0.2, 0.25) is 0 Å². The molecular weight excluding hydrogens is 544 g/mol. The van der Waals surface area contributed by atoms with Crippen LogP contribution in [0.1, 0.15) is 34.3 Å². The van der Waals surface area contributed by atoms with Gasteiger partial charge in [0.05, 0.1) is 18.0 Å². The number of anilines is 1. The van der Waals surface area contributed by atoms with Crippen molar-refractivity contribution in [3.05, 3.63) is 114 Å². The maximum Gasteiger partial charge on any atom is 0.343 e. The third kappa shape index (κ3) is 6.64. The number of hydrogen-bond donors (Lipinski definition) is 1. The van der Waals surface area contributed by atoms with Crippen LogP contribution in [0.25, 0.3) is 11.5 Å². The quantitative estimate of drug-likeness (QED) is 0.207. The second kappa shape index (κ2) is 12.1. The number of carbonyl (C=O) groups excluding carboxylic acids is 1. The van der Waals surface area contributed by atoms with Gasteiger partial charge in [0.1, 0.15) is 29.4 Å². The average Bonchev–Trinajstić information content (AvgIpc) is 3.55. The summed E-state index contributed by atoms with van der Waals surface area (Å²) < 4.78 is 47.0. The molecule has 3 aromatic carbocycles. The highest BCUT2D eigenvalue weighted by Crippen LogP contribution is 2.25. The minimum atomic E-state index is -4.08. The van der Waals surface area contributed by atoms with Crippen molar-refractivity contribution >= 4 is 21.8 Å². The van der Waals surface area contributed by atoms with Crippen molar-refractivity contribution < 1.29 is 27.1 Å². The molecule has 1 N–H and O–H groups in total. The van der Waals surface area contributed by atoms with Crippen LogP contribution in [0.3, 0.4) is 0 Å². The number of esters is 1. The monoisotopic (exact) mass is 572 g/mol. The van der Waals surface area contributed by atoms with Gasteiger partial charge in [-0.1, -0.05) is 48.5 Å². The molecule has 0 bridgehead atoms. The van der Waals surface area contributed by atoms with E-state index in [9.17, 15) is 13.2 Å². The van der Waals surface area contributed by atoms with Crippen molar-refractivity contribution in [1.29, 1.82) is 0 Å². The molecular formula is C30H28N4O6S. The van der Waals surface area contributed by atoms with Gasteiger partial charge >= 0.3 is 5.97 Å². The molecule has 11 heteroatoms. The van der Waals surface area contributed by atoms with E-state index in [1.807, 2.05) is 67.6 Å². The minimum absolute atomic E-state index is 0.0177. The molecule has 210 valence electrons. The predicted molar refractivity (Wildman–Crippen MR) is 152 cm³/mol. The summed E-state index contributed by atoms with van der Waals surface area (Å²) >= 11 is 0. The van der Waals surface area contributed by atoms with Gasteiger partial charge in [-0.3, -0.25) is 9.40 Å². The Hall–Kier alpha value is -4.90. The van der Waals surface area contributed by atoms with E-state index in [1.165, 1.54) is 23.0 Å². The topological polar surface area (TPSA) is 126 Å². The van der Waals surface area contributed by atoms with Gasteiger partial charge in [-0.15, -0.1) is 0 Å². The maximum atomic E-state index is 13.2. The largest absolute Gasteiger partial charge is 0.487 e. The number of hydrogen-bond acceptors (Lipinski definition) is 8. The van der Waals surface area contributed by atoms with Gasteiger partial charge in [-0.25, -0.2) is 18.2 Å². The van der Waals surface area contributed by atoms with E-state index in [0.717, 1.165) is 11.1 Å². The first-order valence-corrected chi connectivity index (χ1v) is 14.4. The first kappa shape index (κ1) is 27.7. The molecule has 5 aromatic rings. The predicted octanol–water partition coefficient (Wildman–Crippen LogP) is 5.45. The van der Waals surface area contributed by atoms with E-state index in [1.54, 1.807) is 19.1 Å². The summed E-state index contributed by atoms with van der Waals surface area (Å²) in [6.07, 6.45) is 1.47. The molecule has 2 heterocycles. The lowest BCUT2D eigenvalue weighted by atomic mass is 10.2. The molecule has 0 spiro atoms. The normalized spacial score (nSPS) is 11.3. The fraction of sp³-hybridized carbons (Fsp3) is 0.167. The summed E-state index contributed by atoms with van der Waals surface area (Å²) in [7, 11) is -4.08. The summed E-state index contributed by atoms with van der Waals surface area (Å²) in [6, 6.07) is 24.9. The summed E-state index contributed by atoms with van der Waals surface area (Å²) in [5.41, 5.74) is 2.45. The Balaban J connectivity index is 1.29. The fourth-order valence-electron chi connectivity index (χ4n) is 4.03. The van der Waals surface area contributed by atoms with Crippen LogP contribution in [0.4, 0.5) is 5.82 Å². The third-order valence-corrected chi connectivity index (χ3v) is 7.45. The molecule has 0 atom stereocenters. The van der Waals surface area contributed by atoms with E-state index in [0.29, 0.717) is 29.6 Å². The Morgan fingerprint density at radius 1 is 0.976 bits per heavy atom. The highest BCUT2D eigenvalue weighted by molar-refractivity contribution is 7.92. The smallest absolute Gasteiger partial charge is 0.343 e. The number of oxazole rings is 1. The number of nitrogens with one attached hydrogen (secondary N) is 1. The first-order chi connectivity index (χ1) is 19.8. The lowest BCUT2D eigenvalue weighted by Crippen LogP contribution is -2.16. The highest BCUT2D eigenvalue weighted by atomic mass is 32.2. The molecule has 0 saturated carbocycles. The Labute approximate surface area is 237 Å². The molecule has 0 amide bonds. The summed E-state index contributed by atoms with van der Waals surface area (Å²) in [6.45, 7) is 4.11. The molecule has 41 heavy (non-hydrogen) atoms. The van der Waals surface area contributed by atoms with Gasteiger partial charge < -0.3 is 13.9 Å². The first-order valence-electron chi connectivity index (χ1n) is 12.9. The van der Waals surface area contributed by atoms with Crippen molar-refractivity contribution in [2.45, 2.75) is 31.9 Å². The van der Waals surface area contributed by atoms with Gasteiger partial charge in [-0.2, -0.15) is 5.10 Å². The van der Waals surface area contributed by atoms with Crippen LogP contribution < -0.4 is 9.46 Å². The number of rotatable bonds is 11. The van der Waals surface area contributed by atoms with Gasteiger partial charge in [-0.05, 0) is 55.8 Å². The standard InChI is InChI=1S/C30H28N4O6S/c1-3-38-30(35)26-19-34(18-22-10-6-4-7-11-22)32-28(26)33-41(36,37)25-16-14-24(15-17-25)39-20-27-21(2)40-29(31-27)23-12-8-5-9-13-23/h4-17,19H,3,18,20H2,1-2H3,(H,32,33). The van der Waals surface area contributed by atoms with E-state index < -0.39 is 16.0 Å². The zero-order valence-electron chi connectivity index (χ0n) is 22.5. The van der Waals surface area contributed by atoms with Crippen molar-refractivity contribution in [3.63, 3.8) is 0 Å². The Morgan fingerprint density at radius 2 is 1.66 bits per heavy atom. The van der Waals surface area contributed by atoms with Crippen LogP contribution in [-0.4, -0.2) is 35.8 Å². The summed E-state index contributed by atoms with van der Waals surface area (Å²) in [4.78, 5) is 17.0. The van der Waals surface area contributed by atoms with Gasteiger partial charge in [0, 0.05) is 11.8 Å². The number of carbonyl (C=O) groups is 1. The lowest BCUT2D eigenvalue weighted by molar-refractivity contribution is 0.0527. The fourth-order valence-corrected chi connectivity index (χ4v) is 5.04. The third-order valence-electron chi connectivity index (χ3n) is 6.10. The second-order valence-electron chi connectivity index (χ2n) is 9.05. The van der Waals surface area contributed by atoms with Gasteiger partial charge in [0.25, 0.3) is 10.0 Å². The number of nitrogens with zero attached hydrogens (tertiary/aromatic N) is 3. The molecule has 0 unspecified atom stereocenters. The van der Waals surface area contributed by atoms with Gasteiger partial charge in [0.15, 0.2) is 5.82 Å². The molecule has 2 aromatic heterocycles. The van der Waals surface area contributed by atoms with E-state index in [-0.39, 0.29) is 29.5 Å². The minimum Gasteiger partial charge on any atom is -0.487 e. The zero-order valence-corrected chi connectivity index (χ0v) is 23.3. The highest BCUT2D eigenvalue weighted by Gasteiger charge is 2.23. The Bertz CT molecular complexity index is 1730. The Kier molecular flexibility index (Phi) is 8.16. The van der Waals surface area contributed by atoms with E-state index >= 15 is 0 Å². The summed E-state index contributed by atoms with van der Waals surface area (Å²) in [5, 5.41) is 4.32. The Morgan fingerprint density at radius 3 is 2.34 bits per heavy atom. The number of benzene rings is 3. The van der Waals surface area contributed by atoms with Crippen molar-refractivity contribution in [2.75, 3.05) is 11.3 Å². The molecule has 0 saturated heterocycles. The van der Waals surface area contributed by atoms with Crippen molar-refractivity contribution in [3.8, 4) is 17.2 Å². The number of aryl methyl sites for hydroxylation is 1. The number of sulfonamides is 1. The zero-order chi connectivity index (χ0) is 28.8. The van der Waals surface area contributed by atoms with Crippen LogP contribution in [0, 0.1) is 6.92 Å². The number of aromatic nitrogens is 3. The van der Waals surface area contributed by atoms with Crippen molar-refractivity contribution in [1.82, 2.24) is 14.8 Å². The second-order valence-corrected chi connectivity index (χ2v) is 10.7. The van der Waals surface area contributed by atoms with Crippen molar-refractivity contribution in [2.24, 2.45) is 0 Å². The van der Waals surface area contributed by atoms with Crippen LogP contribution in [0.5, 0.6) is 5.75 Å². The van der Waals surface area contributed by atoms with Crippen LogP contribution in [0.15, 0.2) is 100 Å². The maximum absolute atomic E-state index is 13.2. The SMILES string of the molecule is CCOC(=O)c1cn(Cc2ccccc2)nc1NS(=O)(=O)c1ccc(OCc2nc(-c3ccccc3)oc2C)cc1. The van der Waals surface area contributed by atoms with E-state index in [4.69, 9.17) is 13.9 Å². The lowest BCUT2D eigenvalue weighted by Gasteiger charge is -2.09. The molecule has 0 aliphatic heterocycles. The van der Waals surface area contributed by atoms with Gasteiger partial charge in [0.2, 0.25) is 5.89 Å². The molecule has 0 aliphatic carbocycles. The van der Waals surface area contributed by atoms with Crippen LogP contribution in [-0.2, 0) is 27.9 Å². The van der Waals surface area contributed by atoms with E-state index in [2.05, 4.69) is 14.8 Å². The molecule has 10 nitrogen and oxygen atoms in total. The molecule has 0 fully saturated rings. The number of ether oxygens (including phenoxy) is 2. The van der Waals surface area contributed by atoms with Crippen LogP contribution >= 0.6 is 0 Å². The molecule has 0 radical (unpaired) electrons.